The molecule has 1 aliphatic heterocycles. The fourth-order valence-electron chi connectivity index (χ4n) is 3.51. The zero-order valence-corrected chi connectivity index (χ0v) is 17.4. The molecule has 4 rings (SSSR count). The smallest absolute Gasteiger partial charge is 0.255 e. The summed E-state index contributed by atoms with van der Waals surface area (Å²) in [4.78, 5) is 26.3. The summed E-state index contributed by atoms with van der Waals surface area (Å²) in [5, 5.41) is 2.36. The van der Waals surface area contributed by atoms with Crippen LogP contribution in [0.1, 0.15) is 23.2 Å². The standard InChI is InChI=1S/C21H21F2N3O4S/c22-16-11-17(23)13-18(12-16)24-20(27)15-2-1-3-19(10-15)31(29,30)26-8-6-25(7-9-26)21(28)14-4-5-14/h1-3,10-14H,4-9H2,(H,24,27). The first kappa shape index (κ1) is 21.4. The average molecular weight is 449 g/mol. The Morgan fingerprint density at radius 2 is 1.58 bits per heavy atom. The molecule has 0 spiro atoms. The van der Waals surface area contributed by atoms with Gasteiger partial charge in [-0.3, -0.25) is 9.59 Å². The topological polar surface area (TPSA) is 86.8 Å². The van der Waals surface area contributed by atoms with Gasteiger partial charge in [-0.25, -0.2) is 17.2 Å². The number of benzene rings is 2. The van der Waals surface area contributed by atoms with Gasteiger partial charge in [0, 0.05) is 49.4 Å². The zero-order chi connectivity index (χ0) is 22.2. The number of carbonyl (C=O) groups is 2. The summed E-state index contributed by atoms with van der Waals surface area (Å²) >= 11 is 0. The van der Waals surface area contributed by atoms with Crippen molar-refractivity contribution < 1.29 is 26.8 Å². The molecule has 2 aliphatic rings. The van der Waals surface area contributed by atoms with E-state index in [4.69, 9.17) is 0 Å². The van der Waals surface area contributed by atoms with E-state index < -0.39 is 27.6 Å². The van der Waals surface area contributed by atoms with E-state index in [-0.39, 0.29) is 41.1 Å². The summed E-state index contributed by atoms with van der Waals surface area (Å²) in [5.41, 5.74) is -0.0412. The van der Waals surface area contributed by atoms with Crippen LogP contribution in [0.2, 0.25) is 0 Å². The molecule has 0 unspecified atom stereocenters. The van der Waals surface area contributed by atoms with Crippen LogP contribution in [0.5, 0.6) is 0 Å². The van der Waals surface area contributed by atoms with Crippen molar-refractivity contribution in [2.24, 2.45) is 5.92 Å². The molecule has 164 valence electrons. The number of piperazine rings is 1. The molecule has 2 aromatic carbocycles. The van der Waals surface area contributed by atoms with Crippen LogP contribution < -0.4 is 5.32 Å². The summed E-state index contributed by atoms with van der Waals surface area (Å²) in [6.07, 6.45) is 1.79. The number of sulfonamides is 1. The van der Waals surface area contributed by atoms with Crippen LogP contribution in [0.3, 0.4) is 0 Å². The van der Waals surface area contributed by atoms with Gasteiger partial charge in [-0.05, 0) is 43.2 Å². The Kier molecular flexibility index (Phi) is 5.76. The fraction of sp³-hybridized carbons (Fsp3) is 0.333. The summed E-state index contributed by atoms with van der Waals surface area (Å²) in [6, 6.07) is 8.06. The van der Waals surface area contributed by atoms with Crippen LogP contribution in [0.15, 0.2) is 47.4 Å². The third kappa shape index (κ3) is 4.75. The molecule has 1 aliphatic carbocycles. The highest BCUT2D eigenvalue weighted by Crippen LogP contribution is 2.31. The number of carbonyl (C=O) groups excluding carboxylic acids is 2. The number of anilines is 1. The number of nitrogens with one attached hydrogen (secondary N) is 1. The van der Waals surface area contributed by atoms with Gasteiger partial charge in [0.15, 0.2) is 0 Å². The Hall–Kier alpha value is -2.85. The van der Waals surface area contributed by atoms with Crippen molar-refractivity contribution in [3.8, 4) is 0 Å². The molecule has 31 heavy (non-hydrogen) atoms. The predicted molar refractivity (Wildman–Crippen MR) is 109 cm³/mol. The molecule has 0 aromatic heterocycles. The Morgan fingerprint density at radius 3 is 2.19 bits per heavy atom. The first-order valence-corrected chi connectivity index (χ1v) is 11.3. The van der Waals surface area contributed by atoms with Gasteiger partial charge in [0.1, 0.15) is 11.6 Å². The van der Waals surface area contributed by atoms with E-state index in [0.29, 0.717) is 19.2 Å². The van der Waals surface area contributed by atoms with Gasteiger partial charge in [-0.2, -0.15) is 4.31 Å². The molecular weight excluding hydrogens is 428 g/mol. The highest BCUT2D eigenvalue weighted by Gasteiger charge is 2.36. The van der Waals surface area contributed by atoms with Crippen molar-refractivity contribution in [1.29, 1.82) is 0 Å². The van der Waals surface area contributed by atoms with Crippen molar-refractivity contribution in [1.82, 2.24) is 9.21 Å². The summed E-state index contributed by atoms with van der Waals surface area (Å²) in [6.45, 7) is 1.03. The van der Waals surface area contributed by atoms with Gasteiger partial charge >= 0.3 is 0 Å². The van der Waals surface area contributed by atoms with E-state index in [1.54, 1.807) is 4.90 Å². The van der Waals surface area contributed by atoms with Gasteiger partial charge in [0.05, 0.1) is 4.90 Å². The molecule has 2 fully saturated rings. The number of nitrogens with zero attached hydrogens (tertiary/aromatic N) is 2. The van der Waals surface area contributed by atoms with Crippen LogP contribution in [-0.4, -0.2) is 55.6 Å². The average Bonchev–Trinajstić information content (AvgIpc) is 3.58. The molecule has 0 bridgehead atoms. The lowest BCUT2D eigenvalue weighted by molar-refractivity contribution is -0.133. The van der Waals surface area contributed by atoms with Crippen LogP contribution in [-0.2, 0) is 14.8 Å². The second kappa shape index (κ2) is 8.35. The van der Waals surface area contributed by atoms with E-state index in [2.05, 4.69) is 5.32 Å². The molecule has 0 radical (unpaired) electrons. The van der Waals surface area contributed by atoms with Gasteiger partial charge in [-0.15, -0.1) is 0 Å². The molecule has 0 atom stereocenters. The van der Waals surface area contributed by atoms with Crippen molar-refractivity contribution in [3.05, 3.63) is 59.7 Å². The van der Waals surface area contributed by atoms with Crippen LogP contribution >= 0.6 is 0 Å². The second-order valence-electron chi connectivity index (χ2n) is 7.64. The summed E-state index contributed by atoms with van der Waals surface area (Å²) in [5.74, 6) is -2.20. The number of rotatable bonds is 5. The highest BCUT2D eigenvalue weighted by molar-refractivity contribution is 7.89. The molecular formula is C21H21F2N3O4S. The lowest BCUT2D eigenvalue weighted by atomic mass is 10.2. The second-order valence-corrected chi connectivity index (χ2v) is 9.58. The third-order valence-electron chi connectivity index (χ3n) is 5.33. The normalized spacial score (nSPS) is 17.4. The molecule has 1 saturated heterocycles. The predicted octanol–water partition coefficient (Wildman–Crippen LogP) is 2.46. The molecule has 1 heterocycles. The molecule has 7 nitrogen and oxygen atoms in total. The Labute approximate surface area is 178 Å². The lowest BCUT2D eigenvalue weighted by Gasteiger charge is -2.34. The fourth-order valence-corrected chi connectivity index (χ4v) is 4.98. The minimum absolute atomic E-state index is 0.0355. The van der Waals surface area contributed by atoms with Gasteiger partial charge in [0.2, 0.25) is 15.9 Å². The molecule has 10 heteroatoms. The van der Waals surface area contributed by atoms with Crippen LogP contribution in [0, 0.1) is 17.6 Å². The SMILES string of the molecule is O=C(Nc1cc(F)cc(F)c1)c1cccc(S(=O)(=O)N2CCN(C(=O)C3CC3)CC2)c1. The third-order valence-corrected chi connectivity index (χ3v) is 7.23. The lowest BCUT2D eigenvalue weighted by Crippen LogP contribution is -2.50. The number of halogens is 2. The molecule has 2 aromatic rings. The maximum Gasteiger partial charge on any atom is 0.255 e. The van der Waals surface area contributed by atoms with Gasteiger partial charge in [-0.1, -0.05) is 6.07 Å². The Bertz CT molecular complexity index is 1110. The number of amides is 2. The zero-order valence-electron chi connectivity index (χ0n) is 16.6. The van der Waals surface area contributed by atoms with Crippen molar-refractivity contribution in [2.45, 2.75) is 17.7 Å². The van der Waals surface area contributed by atoms with E-state index >= 15 is 0 Å². The first-order valence-electron chi connectivity index (χ1n) is 9.90. The maximum atomic E-state index is 13.3. The van der Waals surface area contributed by atoms with E-state index in [1.165, 1.54) is 28.6 Å². The minimum Gasteiger partial charge on any atom is -0.340 e. The van der Waals surface area contributed by atoms with Crippen molar-refractivity contribution in [3.63, 3.8) is 0 Å². The molecule has 2 amide bonds. The highest BCUT2D eigenvalue weighted by atomic mass is 32.2. The first-order chi connectivity index (χ1) is 14.7. The Balaban J connectivity index is 1.46. The van der Waals surface area contributed by atoms with Gasteiger partial charge in [0.25, 0.3) is 5.91 Å². The molecule has 1 saturated carbocycles. The van der Waals surface area contributed by atoms with E-state index in [9.17, 15) is 26.8 Å². The van der Waals surface area contributed by atoms with Crippen molar-refractivity contribution in [2.75, 3.05) is 31.5 Å². The van der Waals surface area contributed by atoms with E-state index in [0.717, 1.165) is 25.0 Å². The summed E-state index contributed by atoms with van der Waals surface area (Å²) in [7, 11) is -3.86. The van der Waals surface area contributed by atoms with Crippen molar-refractivity contribution >= 4 is 27.5 Å². The number of hydrogen-bond acceptors (Lipinski definition) is 4. The Morgan fingerprint density at radius 1 is 0.935 bits per heavy atom. The summed E-state index contributed by atoms with van der Waals surface area (Å²) < 4.78 is 54.0. The quantitative estimate of drug-likeness (QED) is 0.760. The largest absolute Gasteiger partial charge is 0.340 e. The molecule has 1 N–H and O–H groups in total. The van der Waals surface area contributed by atoms with E-state index in [1.807, 2.05) is 0 Å². The minimum atomic E-state index is -3.86. The number of hydrogen-bond donors (Lipinski definition) is 1. The monoisotopic (exact) mass is 449 g/mol. The van der Waals surface area contributed by atoms with Crippen LogP contribution in [0.25, 0.3) is 0 Å². The maximum absolute atomic E-state index is 13.3. The van der Waals surface area contributed by atoms with Crippen LogP contribution in [0.4, 0.5) is 14.5 Å². The van der Waals surface area contributed by atoms with Gasteiger partial charge < -0.3 is 10.2 Å².